The smallest absolute Gasteiger partial charge is 0.133 e. The molecule has 1 nitrogen and oxygen atoms in total. The van der Waals surface area contributed by atoms with E-state index in [0.717, 1.165) is 17.4 Å². The van der Waals surface area contributed by atoms with Crippen LogP contribution in [0.25, 0.3) is 0 Å². The summed E-state index contributed by atoms with van der Waals surface area (Å²) in [5.41, 5.74) is 0. The van der Waals surface area contributed by atoms with Gasteiger partial charge in [-0.3, -0.25) is 0 Å². The first-order valence-corrected chi connectivity index (χ1v) is 5.27. The maximum Gasteiger partial charge on any atom is 0.133 e. The van der Waals surface area contributed by atoms with Gasteiger partial charge in [-0.05, 0) is 11.8 Å². The zero-order valence-electron chi connectivity index (χ0n) is 9.37. The van der Waals surface area contributed by atoms with Crippen molar-refractivity contribution in [1.29, 1.82) is 0 Å². The molecule has 0 atom stereocenters. The second kappa shape index (κ2) is 8.54. The van der Waals surface area contributed by atoms with Crippen molar-refractivity contribution in [2.45, 2.75) is 27.7 Å². The van der Waals surface area contributed by atoms with Gasteiger partial charge in [-0.25, -0.2) is 0 Å². The fraction of sp³-hybridized carbons (Fsp3) is 0.889. The summed E-state index contributed by atoms with van der Waals surface area (Å²) < 4.78 is 0.720. The largest absolute Gasteiger partial charge is 0.357 e. The SMILES string of the molecule is CC(C)CN(CC(C)C)C(=S)S.[Na]. The molecular formula is C9H19NNaS2. The number of hydrogen-bond donors (Lipinski definition) is 1. The van der Waals surface area contributed by atoms with E-state index < -0.39 is 0 Å². The Hall–Kier alpha value is 1.24. The number of thiol groups is 1. The van der Waals surface area contributed by atoms with Gasteiger partial charge in [0.1, 0.15) is 4.32 Å². The molecule has 0 aromatic rings. The first-order chi connectivity index (χ1) is 5.43. The Kier molecular flexibility index (Phi) is 10.9. The average molecular weight is 228 g/mol. The minimum Gasteiger partial charge on any atom is -0.357 e. The standard InChI is InChI=1S/C9H19NS2.Na/c1-7(2)5-10(9(11)12)6-8(3)4;/h7-8H,5-6H2,1-4H3,(H,11,12);. The molecule has 0 spiro atoms. The maximum atomic E-state index is 5.04. The van der Waals surface area contributed by atoms with Crippen molar-refractivity contribution in [2.24, 2.45) is 11.8 Å². The van der Waals surface area contributed by atoms with E-state index in [2.05, 4.69) is 45.2 Å². The van der Waals surface area contributed by atoms with E-state index in [1.54, 1.807) is 0 Å². The minimum absolute atomic E-state index is 0. The Morgan fingerprint density at radius 3 is 1.62 bits per heavy atom. The molecule has 0 bridgehead atoms. The normalized spacial score (nSPS) is 10.1. The predicted octanol–water partition coefficient (Wildman–Crippen LogP) is 2.43. The molecule has 73 valence electrons. The van der Waals surface area contributed by atoms with Crippen molar-refractivity contribution in [3.63, 3.8) is 0 Å². The van der Waals surface area contributed by atoms with E-state index in [1.165, 1.54) is 0 Å². The Balaban J connectivity index is 0. The Morgan fingerprint density at radius 2 is 1.46 bits per heavy atom. The van der Waals surface area contributed by atoms with Gasteiger partial charge < -0.3 is 4.90 Å². The third-order valence-corrected chi connectivity index (χ3v) is 1.98. The van der Waals surface area contributed by atoms with Crippen LogP contribution in [0.1, 0.15) is 27.7 Å². The summed E-state index contributed by atoms with van der Waals surface area (Å²) in [6.45, 7) is 10.8. The summed E-state index contributed by atoms with van der Waals surface area (Å²) in [7, 11) is 0. The third-order valence-electron chi connectivity index (χ3n) is 1.44. The van der Waals surface area contributed by atoms with Crippen molar-refractivity contribution in [3.05, 3.63) is 0 Å². The van der Waals surface area contributed by atoms with Crippen molar-refractivity contribution in [1.82, 2.24) is 4.90 Å². The van der Waals surface area contributed by atoms with Gasteiger partial charge in [-0.15, -0.1) is 12.6 Å². The van der Waals surface area contributed by atoms with E-state index in [4.69, 9.17) is 12.2 Å². The molecule has 0 aromatic carbocycles. The zero-order valence-corrected chi connectivity index (χ0v) is 13.1. The number of thiocarbonyl (C=S) groups is 1. The van der Waals surface area contributed by atoms with Gasteiger partial charge in [-0.1, -0.05) is 39.9 Å². The molecule has 0 saturated carbocycles. The number of hydrogen-bond acceptors (Lipinski definition) is 1. The first kappa shape index (κ1) is 16.7. The molecule has 0 aliphatic heterocycles. The van der Waals surface area contributed by atoms with Crippen LogP contribution in [0.2, 0.25) is 0 Å². The average Bonchev–Trinajstić information content (AvgIpc) is 1.83. The van der Waals surface area contributed by atoms with Crippen LogP contribution in [0, 0.1) is 11.8 Å². The summed E-state index contributed by atoms with van der Waals surface area (Å²) in [4.78, 5) is 2.16. The van der Waals surface area contributed by atoms with E-state index in [-0.39, 0.29) is 29.6 Å². The van der Waals surface area contributed by atoms with Crippen LogP contribution in [-0.2, 0) is 0 Å². The van der Waals surface area contributed by atoms with E-state index in [9.17, 15) is 0 Å². The van der Waals surface area contributed by atoms with Gasteiger partial charge >= 0.3 is 0 Å². The molecule has 1 radical (unpaired) electrons. The van der Waals surface area contributed by atoms with Gasteiger partial charge in [0.05, 0.1) is 0 Å². The van der Waals surface area contributed by atoms with E-state index >= 15 is 0 Å². The molecule has 0 saturated heterocycles. The Morgan fingerprint density at radius 1 is 1.15 bits per heavy atom. The molecule has 13 heavy (non-hydrogen) atoms. The second-order valence-corrected chi connectivity index (χ2v) is 5.09. The molecular weight excluding hydrogens is 209 g/mol. The predicted molar refractivity (Wildman–Crippen MR) is 68.6 cm³/mol. The van der Waals surface area contributed by atoms with Gasteiger partial charge in [0.25, 0.3) is 0 Å². The van der Waals surface area contributed by atoms with Crippen molar-refractivity contribution >= 4 is 58.7 Å². The summed E-state index contributed by atoms with van der Waals surface area (Å²) in [6, 6.07) is 0. The summed E-state index contributed by atoms with van der Waals surface area (Å²) >= 11 is 9.24. The molecule has 4 heteroatoms. The molecule has 0 N–H and O–H groups in total. The van der Waals surface area contributed by atoms with Gasteiger partial charge in [0.2, 0.25) is 0 Å². The first-order valence-electron chi connectivity index (χ1n) is 4.41. The molecule has 0 amide bonds. The fourth-order valence-electron chi connectivity index (χ4n) is 1.11. The second-order valence-electron chi connectivity index (χ2n) is 3.98. The molecule has 0 rings (SSSR count). The van der Waals surface area contributed by atoms with Crippen molar-refractivity contribution in [2.75, 3.05) is 13.1 Å². The third kappa shape index (κ3) is 9.54. The fourth-order valence-corrected chi connectivity index (χ4v) is 1.42. The van der Waals surface area contributed by atoms with Crippen LogP contribution >= 0.6 is 24.8 Å². The summed E-state index contributed by atoms with van der Waals surface area (Å²) in [5, 5.41) is 0. The molecule has 0 aromatic heterocycles. The van der Waals surface area contributed by atoms with Crippen LogP contribution in [0.4, 0.5) is 0 Å². The molecule has 0 aliphatic carbocycles. The van der Waals surface area contributed by atoms with Crippen LogP contribution in [0.3, 0.4) is 0 Å². The number of rotatable bonds is 4. The quantitative estimate of drug-likeness (QED) is 0.447. The molecule has 0 fully saturated rings. The Labute approximate surface area is 115 Å². The van der Waals surface area contributed by atoms with E-state index in [1.807, 2.05) is 0 Å². The van der Waals surface area contributed by atoms with E-state index in [0.29, 0.717) is 11.8 Å². The molecule has 0 aliphatic rings. The summed E-state index contributed by atoms with van der Waals surface area (Å²) in [5.74, 6) is 1.29. The van der Waals surface area contributed by atoms with Crippen LogP contribution in [0.15, 0.2) is 0 Å². The summed E-state index contributed by atoms with van der Waals surface area (Å²) in [6.07, 6.45) is 0. The van der Waals surface area contributed by atoms with Crippen molar-refractivity contribution in [3.8, 4) is 0 Å². The zero-order chi connectivity index (χ0) is 9.72. The maximum absolute atomic E-state index is 5.04. The number of nitrogens with zero attached hydrogens (tertiary/aromatic N) is 1. The monoisotopic (exact) mass is 228 g/mol. The molecule has 0 heterocycles. The topological polar surface area (TPSA) is 3.24 Å². The Bertz CT molecular complexity index is 139. The van der Waals surface area contributed by atoms with Crippen molar-refractivity contribution < 1.29 is 0 Å². The van der Waals surface area contributed by atoms with Gasteiger partial charge in [-0.2, -0.15) is 0 Å². The van der Waals surface area contributed by atoms with Crippen LogP contribution in [0.5, 0.6) is 0 Å². The van der Waals surface area contributed by atoms with Gasteiger partial charge in [0, 0.05) is 42.6 Å². The van der Waals surface area contributed by atoms with Crippen LogP contribution in [-0.4, -0.2) is 51.9 Å². The minimum atomic E-state index is 0. The van der Waals surface area contributed by atoms with Gasteiger partial charge in [0.15, 0.2) is 0 Å². The molecule has 0 unspecified atom stereocenters. The van der Waals surface area contributed by atoms with Crippen LogP contribution < -0.4 is 0 Å².